The SMILES string of the molecule is CCCC(=N)c1ccccc1C=O. The van der Waals surface area contributed by atoms with Gasteiger partial charge >= 0.3 is 0 Å². The lowest BCUT2D eigenvalue weighted by atomic mass is 10.0. The first-order valence-electron chi connectivity index (χ1n) is 4.41. The van der Waals surface area contributed by atoms with Crippen LogP contribution in [0, 0.1) is 5.41 Å². The van der Waals surface area contributed by atoms with Crippen molar-refractivity contribution < 1.29 is 4.79 Å². The molecule has 0 saturated carbocycles. The van der Waals surface area contributed by atoms with E-state index in [-0.39, 0.29) is 0 Å². The van der Waals surface area contributed by atoms with E-state index in [9.17, 15) is 4.79 Å². The summed E-state index contributed by atoms with van der Waals surface area (Å²) in [5, 5.41) is 7.71. The first-order chi connectivity index (χ1) is 6.29. The summed E-state index contributed by atoms with van der Waals surface area (Å²) in [7, 11) is 0. The number of carbonyl (C=O) groups is 1. The van der Waals surface area contributed by atoms with Crippen LogP contribution in [0.25, 0.3) is 0 Å². The summed E-state index contributed by atoms with van der Waals surface area (Å²) in [4.78, 5) is 10.6. The highest BCUT2D eigenvalue weighted by molar-refractivity contribution is 6.04. The van der Waals surface area contributed by atoms with Gasteiger partial charge < -0.3 is 5.41 Å². The quantitative estimate of drug-likeness (QED) is 0.554. The van der Waals surface area contributed by atoms with E-state index in [0.29, 0.717) is 11.3 Å². The summed E-state index contributed by atoms with van der Waals surface area (Å²) in [6, 6.07) is 7.23. The average Bonchev–Trinajstić information content (AvgIpc) is 2.18. The second-order valence-electron chi connectivity index (χ2n) is 2.93. The van der Waals surface area contributed by atoms with E-state index < -0.39 is 0 Å². The predicted molar refractivity (Wildman–Crippen MR) is 53.6 cm³/mol. The van der Waals surface area contributed by atoms with Crippen LogP contribution in [0.4, 0.5) is 0 Å². The van der Waals surface area contributed by atoms with Crippen molar-refractivity contribution in [2.45, 2.75) is 19.8 Å². The molecule has 1 aromatic rings. The van der Waals surface area contributed by atoms with Crippen molar-refractivity contribution in [2.24, 2.45) is 0 Å². The molecule has 0 bridgehead atoms. The maximum atomic E-state index is 10.6. The standard InChI is InChI=1S/C11H13NO/c1-2-5-11(12)10-7-4-3-6-9(10)8-13/h3-4,6-8,12H,2,5H2,1H3. The maximum absolute atomic E-state index is 10.6. The van der Waals surface area contributed by atoms with E-state index in [1.165, 1.54) is 0 Å². The maximum Gasteiger partial charge on any atom is 0.150 e. The normalized spacial score (nSPS) is 9.62. The zero-order chi connectivity index (χ0) is 9.68. The summed E-state index contributed by atoms with van der Waals surface area (Å²) < 4.78 is 0. The van der Waals surface area contributed by atoms with Crippen LogP contribution in [0.15, 0.2) is 24.3 Å². The smallest absolute Gasteiger partial charge is 0.150 e. The monoisotopic (exact) mass is 175 g/mol. The van der Waals surface area contributed by atoms with E-state index in [1.54, 1.807) is 6.07 Å². The molecule has 0 spiro atoms. The molecule has 0 aliphatic rings. The second kappa shape index (κ2) is 4.55. The Morgan fingerprint density at radius 1 is 1.46 bits per heavy atom. The fourth-order valence-electron chi connectivity index (χ4n) is 1.26. The third-order valence-electron chi connectivity index (χ3n) is 1.91. The van der Waals surface area contributed by atoms with Gasteiger partial charge in [-0.3, -0.25) is 4.79 Å². The highest BCUT2D eigenvalue weighted by atomic mass is 16.1. The highest BCUT2D eigenvalue weighted by Gasteiger charge is 2.04. The molecule has 0 radical (unpaired) electrons. The van der Waals surface area contributed by atoms with Crippen molar-refractivity contribution in [3.05, 3.63) is 35.4 Å². The van der Waals surface area contributed by atoms with Crippen molar-refractivity contribution in [3.63, 3.8) is 0 Å². The predicted octanol–water partition coefficient (Wildman–Crippen LogP) is 2.67. The van der Waals surface area contributed by atoms with E-state index in [2.05, 4.69) is 0 Å². The summed E-state index contributed by atoms with van der Waals surface area (Å²) in [6.45, 7) is 2.03. The number of hydrogen-bond donors (Lipinski definition) is 1. The molecule has 13 heavy (non-hydrogen) atoms. The number of benzene rings is 1. The van der Waals surface area contributed by atoms with Crippen molar-refractivity contribution in [2.75, 3.05) is 0 Å². The molecule has 1 aromatic carbocycles. The molecule has 0 unspecified atom stereocenters. The van der Waals surface area contributed by atoms with Crippen LogP contribution < -0.4 is 0 Å². The summed E-state index contributed by atoms with van der Waals surface area (Å²) in [5.74, 6) is 0. The molecule has 2 nitrogen and oxygen atoms in total. The highest BCUT2D eigenvalue weighted by Crippen LogP contribution is 2.09. The first kappa shape index (κ1) is 9.65. The van der Waals surface area contributed by atoms with Crippen LogP contribution in [-0.2, 0) is 0 Å². The third kappa shape index (κ3) is 2.25. The molecule has 0 aliphatic carbocycles. The zero-order valence-corrected chi connectivity index (χ0v) is 7.71. The number of carbonyl (C=O) groups excluding carboxylic acids is 1. The summed E-state index contributed by atoms with van der Waals surface area (Å²) >= 11 is 0. The molecule has 0 saturated heterocycles. The van der Waals surface area contributed by atoms with Gasteiger partial charge in [0, 0.05) is 16.8 Å². The Balaban J connectivity index is 2.98. The van der Waals surface area contributed by atoms with Crippen LogP contribution in [-0.4, -0.2) is 12.0 Å². The molecule has 1 N–H and O–H groups in total. The molecule has 0 aromatic heterocycles. The van der Waals surface area contributed by atoms with E-state index in [0.717, 1.165) is 24.7 Å². The van der Waals surface area contributed by atoms with Crippen LogP contribution in [0.2, 0.25) is 0 Å². The summed E-state index contributed by atoms with van der Waals surface area (Å²) in [5.41, 5.74) is 1.92. The number of aldehydes is 1. The molecular weight excluding hydrogens is 162 g/mol. The van der Waals surface area contributed by atoms with Gasteiger partial charge in [0.1, 0.15) is 0 Å². The minimum atomic E-state index is 0.546. The van der Waals surface area contributed by atoms with Gasteiger partial charge in [0.25, 0.3) is 0 Å². The molecule has 1 rings (SSSR count). The van der Waals surface area contributed by atoms with Crippen molar-refractivity contribution in [1.29, 1.82) is 5.41 Å². The van der Waals surface area contributed by atoms with E-state index in [1.807, 2.05) is 25.1 Å². The zero-order valence-electron chi connectivity index (χ0n) is 7.71. The molecule has 0 aliphatic heterocycles. The topological polar surface area (TPSA) is 40.9 Å². The number of nitrogens with one attached hydrogen (secondary N) is 1. The van der Waals surface area contributed by atoms with Gasteiger partial charge in [-0.05, 0) is 6.42 Å². The molecule has 0 amide bonds. The second-order valence-corrected chi connectivity index (χ2v) is 2.93. The van der Waals surface area contributed by atoms with Crippen LogP contribution in [0.3, 0.4) is 0 Å². The minimum absolute atomic E-state index is 0.546. The Bertz CT molecular complexity index is 318. The lowest BCUT2D eigenvalue weighted by molar-refractivity contribution is 0.112. The molecule has 68 valence electrons. The Morgan fingerprint density at radius 2 is 2.15 bits per heavy atom. The van der Waals surface area contributed by atoms with Crippen molar-refractivity contribution in [3.8, 4) is 0 Å². The largest absolute Gasteiger partial charge is 0.305 e. The van der Waals surface area contributed by atoms with Crippen LogP contribution >= 0.6 is 0 Å². The molecular formula is C11H13NO. The van der Waals surface area contributed by atoms with Crippen LogP contribution in [0.5, 0.6) is 0 Å². The van der Waals surface area contributed by atoms with Gasteiger partial charge in [-0.25, -0.2) is 0 Å². The van der Waals surface area contributed by atoms with E-state index in [4.69, 9.17) is 5.41 Å². The lowest BCUT2D eigenvalue weighted by Gasteiger charge is -2.04. The molecule has 0 fully saturated rings. The fraction of sp³-hybridized carbons (Fsp3) is 0.273. The van der Waals surface area contributed by atoms with Crippen LogP contribution in [0.1, 0.15) is 35.7 Å². The van der Waals surface area contributed by atoms with Gasteiger partial charge in [0.05, 0.1) is 0 Å². The minimum Gasteiger partial charge on any atom is -0.305 e. The van der Waals surface area contributed by atoms with Gasteiger partial charge in [-0.15, -0.1) is 0 Å². The first-order valence-corrected chi connectivity index (χ1v) is 4.41. The Morgan fingerprint density at radius 3 is 2.77 bits per heavy atom. The van der Waals surface area contributed by atoms with Gasteiger partial charge in [0.2, 0.25) is 0 Å². The third-order valence-corrected chi connectivity index (χ3v) is 1.91. The Labute approximate surface area is 78.1 Å². The fourth-order valence-corrected chi connectivity index (χ4v) is 1.26. The summed E-state index contributed by atoms with van der Waals surface area (Å²) in [6.07, 6.45) is 2.47. The molecule has 0 atom stereocenters. The Hall–Kier alpha value is -1.44. The van der Waals surface area contributed by atoms with Crippen molar-refractivity contribution in [1.82, 2.24) is 0 Å². The Kier molecular flexibility index (Phi) is 3.38. The number of rotatable bonds is 4. The van der Waals surface area contributed by atoms with Crippen molar-refractivity contribution >= 4 is 12.0 Å². The van der Waals surface area contributed by atoms with Gasteiger partial charge in [-0.1, -0.05) is 37.6 Å². The van der Waals surface area contributed by atoms with Gasteiger partial charge in [0.15, 0.2) is 6.29 Å². The average molecular weight is 175 g/mol. The van der Waals surface area contributed by atoms with E-state index >= 15 is 0 Å². The van der Waals surface area contributed by atoms with Gasteiger partial charge in [-0.2, -0.15) is 0 Å². The molecule has 2 heteroatoms. The number of hydrogen-bond acceptors (Lipinski definition) is 2. The molecule has 0 heterocycles. The lowest BCUT2D eigenvalue weighted by Crippen LogP contribution is -2.02.